The molecule has 0 unspecified atom stereocenters. The number of fused-ring (bicyclic) bond motifs is 16. The molecule has 0 aliphatic heterocycles. The van der Waals surface area contributed by atoms with Crippen LogP contribution in [0.25, 0.3) is 44.5 Å². The van der Waals surface area contributed by atoms with Gasteiger partial charge in [-0.05, 0) is 114 Å². The molecule has 0 radical (unpaired) electrons. The zero-order chi connectivity index (χ0) is 37.6. The summed E-state index contributed by atoms with van der Waals surface area (Å²) >= 11 is 0. The predicted octanol–water partition coefficient (Wildman–Crippen LogP) is 14.1. The summed E-state index contributed by atoms with van der Waals surface area (Å²) in [5, 5.41) is 0. The van der Waals surface area contributed by atoms with Gasteiger partial charge in [-0.25, -0.2) is 0 Å². The van der Waals surface area contributed by atoms with Gasteiger partial charge < -0.3 is 4.90 Å². The number of rotatable bonds is 3. The molecule has 8 aromatic rings. The molecule has 266 valence electrons. The second kappa shape index (κ2) is 10.9. The maximum atomic E-state index is 2.59. The molecule has 8 aromatic carbocycles. The lowest BCUT2D eigenvalue weighted by Gasteiger charge is -2.36. The molecule has 0 N–H and O–H groups in total. The molecule has 4 aliphatic carbocycles. The first-order valence-corrected chi connectivity index (χ1v) is 20.0. The van der Waals surface area contributed by atoms with Crippen LogP contribution in [0.15, 0.2) is 176 Å². The topological polar surface area (TPSA) is 3.24 Å². The van der Waals surface area contributed by atoms with E-state index in [2.05, 4.69) is 209 Å². The zero-order valence-corrected chi connectivity index (χ0v) is 32.2. The Bertz CT molecular complexity index is 2820. The first kappa shape index (κ1) is 31.9. The van der Waals surface area contributed by atoms with Crippen LogP contribution in [-0.2, 0) is 16.2 Å². The van der Waals surface area contributed by atoms with Gasteiger partial charge >= 0.3 is 0 Å². The van der Waals surface area contributed by atoms with Crippen molar-refractivity contribution in [3.63, 3.8) is 0 Å². The Morgan fingerprint density at radius 2 is 0.643 bits per heavy atom. The molecule has 0 aromatic heterocycles. The van der Waals surface area contributed by atoms with Crippen molar-refractivity contribution < 1.29 is 0 Å². The van der Waals surface area contributed by atoms with E-state index in [1.807, 2.05) is 0 Å². The fourth-order valence-electron chi connectivity index (χ4n) is 11.4. The monoisotopic (exact) mass is 715 g/mol. The van der Waals surface area contributed by atoms with Crippen molar-refractivity contribution in [2.45, 2.75) is 43.9 Å². The predicted molar refractivity (Wildman–Crippen MR) is 233 cm³/mol. The second-order valence-electron chi connectivity index (χ2n) is 17.2. The summed E-state index contributed by atoms with van der Waals surface area (Å²) in [4.78, 5) is 2.59. The Hall–Kier alpha value is -6.44. The molecular weight excluding hydrogens is 675 g/mol. The minimum atomic E-state index is -0.480. The standard InChI is InChI=1S/C55H41N/c1-53(2)44-22-10-5-16-36(44)41-30-28-34(32-49(41)53)56(35-29-31-42-37-17-6-11-23-45(37)54(3,4)50(42)33-35)51-27-15-21-43-40-20-9-14-26-48(40)55(52(43)51)46-24-12-7-18-38(46)39-19-8-13-25-47(39)55/h5-33H,1-4H3. The highest BCUT2D eigenvalue weighted by Gasteiger charge is 2.53. The van der Waals surface area contributed by atoms with Crippen molar-refractivity contribution in [1.29, 1.82) is 0 Å². The lowest BCUT2D eigenvalue weighted by molar-refractivity contribution is 0.660. The van der Waals surface area contributed by atoms with Gasteiger partial charge in [-0.15, -0.1) is 0 Å². The van der Waals surface area contributed by atoms with E-state index >= 15 is 0 Å². The molecule has 12 rings (SSSR count). The maximum Gasteiger partial charge on any atom is 0.0746 e. The maximum absolute atomic E-state index is 2.59. The number of benzene rings is 8. The van der Waals surface area contributed by atoms with Crippen LogP contribution in [0.1, 0.15) is 72.2 Å². The van der Waals surface area contributed by atoms with E-state index in [-0.39, 0.29) is 10.8 Å². The quantitative estimate of drug-likeness (QED) is 0.176. The van der Waals surface area contributed by atoms with Crippen LogP contribution in [0.2, 0.25) is 0 Å². The van der Waals surface area contributed by atoms with Gasteiger partial charge in [-0.3, -0.25) is 0 Å². The summed E-state index contributed by atoms with van der Waals surface area (Å²) in [5.41, 5.74) is 24.4. The lowest BCUT2D eigenvalue weighted by Crippen LogP contribution is -2.28. The third kappa shape index (κ3) is 3.81. The van der Waals surface area contributed by atoms with Gasteiger partial charge in [0.05, 0.1) is 11.1 Å². The van der Waals surface area contributed by atoms with Gasteiger partial charge in [-0.2, -0.15) is 0 Å². The fraction of sp³-hybridized carbons (Fsp3) is 0.127. The number of hydrogen-bond acceptors (Lipinski definition) is 1. The van der Waals surface area contributed by atoms with E-state index in [0.29, 0.717) is 0 Å². The highest BCUT2D eigenvalue weighted by molar-refractivity contribution is 6.00. The molecular formula is C55H41N. The Morgan fingerprint density at radius 1 is 0.304 bits per heavy atom. The molecule has 1 heteroatoms. The molecule has 0 saturated carbocycles. The van der Waals surface area contributed by atoms with Crippen LogP contribution in [-0.4, -0.2) is 0 Å². The van der Waals surface area contributed by atoms with Crippen molar-refractivity contribution >= 4 is 17.1 Å². The van der Waals surface area contributed by atoms with Gasteiger partial charge in [0.1, 0.15) is 0 Å². The first-order valence-electron chi connectivity index (χ1n) is 20.0. The van der Waals surface area contributed by atoms with Gasteiger partial charge in [0.2, 0.25) is 0 Å². The average Bonchev–Trinajstić information content (AvgIpc) is 3.87. The van der Waals surface area contributed by atoms with Crippen molar-refractivity contribution in [2.24, 2.45) is 0 Å². The van der Waals surface area contributed by atoms with Crippen LogP contribution in [0, 0.1) is 0 Å². The van der Waals surface area contributed by atoms with Crippen LogP contribution in [0.5, 0.6) is 0 Å². The van der Waals surface area contributed by atoms with Gasteiger partial charge in [0, 0.05) is 27.8 Å². The first-order chi connectivity index (χ1) is 27.3. The molecule has 1 spiro atoms. The molecule has 1 nitrogen and oxygen atoms in total. The van der Waals surface area contributed by atoms with Gasteiger partial charge in [-0.1, -0.05) is 173 Å². The lowest BCUT2D eigenvalue weighted by atomic mass is 9.70. The average molecular weight is 716 g/mol. The molecule has 0 heterocycles. The van der Waals surface area contributed by atoms with Crippen LogP contribution in [0.4, 0.5) is 17.1 Å². The summed E-state index contributed by atoms with van der Waals surface area (Å²) in [5.74, 6) is 0. The van der Waals surface area contributed by atoms with E-state index in [1.165, 1.54) is 106 Å². The Labute approximate surface area is 329 Å². The van der Waals surface area contributed by atoms with Crippen LogP contribution in [0.3, 0.4) is 0 Å². The van der Waals surface area contributed by atoms with Crippen LogP contribution >= 0.6 is 0 Å². The molecule has 0 amide bonds. The SMILES string of the molecule is CC1(C)c2ccccc2-c2ccc(N(c3ccc4c(c3)C(C)(C)c3ccccc3-4)c3cccc4c3C3(c5ccccc5-c5ccccc53)c3ccccc3-4)cc21. The highest BCUT2D eigenvalue weighted by atomic mass is 15.1. The van der Waals surface area contributed by atoms with Crippen molar-refractivity contribution in [3.05, 3.63) is 220 Å². The summed E-state index contributed by atoms with van der Waals surface area (Å²) in [6.07, 6.45) is 0. The molecule has 0 fully saturated rings. The normalized spacial score (nSPS) is 15.9. The highest BCUT2D eigenvalue weighted by Crippen LogP contribution is 2.65. The molecule has 4 aliphatic rings. The van der Waals surface area contributed by atoms with Crippen LogP contribution < -0.4 is 4.90 Å². The van der Waals surface area contributed by atoms with Crippen molar-refractivity contribution in [3.8, 4) is 44.5 Å². The minimum Gasteiger partial charge on any atom is -0.310 e. The number of hydrogen-bond donors (Lipinski definition) is 0. The minimum absolute atomic E-state index is 0.130. The fourth-order valence-corrected chi connectivity index (χ4v) is 11.4. The summed E-state index contributed by atoms with van der Waals surface area (Å²) < 4.78 is 0. The third-order valence-electron chi connectivity index (χ3n) is 13.9. The van der Waals surface area contributed by atoms with Crippen molar-refractivity contribution in [2.75, 3.05) is 4.90 Å². The van der Waals surface area contributed by atoms with E-state index in [1.54, 1.807) is 0 Å². The van der Waals surface area contributed by atoms with E-state index in [9.17, 15) is 0 Å². The Balaban J connectivity index is 1.18. The van der Waals surface area contributed by atoms with Gasteiger partial charge in [0.25, 0.3) is 0 Å². The van der Waals surface area contributed by atoms with E-state index in [4.69, 9.17) is 0 Å². The molecule has 0 atom stereocenters. The number of nitrogens with zero attached hydrogens (tertiary/aromatic N) is 1. The number of anilines is 3. The third-order valence-corrected chi connectivity index (χ3v) is 13.9. The molecule has 56 heavy (non-hydrogen) atoms. The summed E-state index contributed by atoms with van der Waals surface area (Å²) in [7, 11) is 0. The molecule has 0 saturated heterocycles. The zero-order valence-electron chi connectivity index (χ0n) is 32.2. The largest absolute Gasteiger partial charge is 0.310 e. The Morgan fingerprint density at radius 3 is 1.09 bits per heavy atom. The summed E-state index contributed by atoms with van der Waals surface area (Å²) in [6.45, 7) is 9.55. The van der Waals surface area contributed by atoms with E-state index in [0.717, 1.165) is 0 Å². The molecule has 0 bridgehead atoms. The second-order valence-corrected chi connectivity index (χ2v) is 17.2. The van der Waals surface area contributed by atoms with Crippen molar-refractivity contribution in [1.82, 2.24) is 0 Å². The van der Waals surface area contributed by atoms with E-state index < -0.39 is 5.41 Å². The summed E-state index contributed by atoms with van der Waals surface area (Å²) in [6, 6.07) is 66.9. The van der Waals surface area contributed by atoms with Gasteiger partial charge in [0.15, 0.2) is 0 Å². The Kier molecular flexibility index (Phi) is 6.18. The smallest absolute Gasteiger partial charge is 0.0746 e.